The molecule has 1 amide bonds. The molecule has 6 heteroatoms. The number of benzene rings is 1. The lowest BCUT2D eigenvalue weighted by molar-refractivity contribution is -0.118. The summed E-state index contributed by atoms with van der Waals surface area (Å²) in [5.41, 5.74) is 2.66. The molecule has 0 saturated carbocycles. The molecule has 1 aromatic carbocycles. The van der Waals surface area contributed by atoms with Gasteiger partial charge in [-0.1, -0.05) is 29.8 Å². The topological polar surface area (TPSA) is 54.9 Å². The Kier molecular flexibility index (Phi) is 6.02. The van der Waals surface area contributed by atoms with Gasteiger partial charge < -0.3 is 5.32 Å². The zero-order valence-electron chi connectivity index (χ0n) is 11.7. The van der Waals surface area contributed by atoms with Crippen LogP contribution in [0, 0.1) is 6.92 Å². The number of aromatic nitrogens is 2. The van der Waals surface area contributed by atoms with E-state index in [1.807, 2.05) is 31.2 Å². The highest BCUT2D eigenvalue weighted by Crippen LogP contribution is 2.20. The summed E-state index contributed by atoms with van der Waals surface area (Å²) in [7, 11) is 0. The Labute approximate surface area is 133 Å². The highest BCUT2D eigenvalue weighted by atomic mass is 35.5. The molecule has 1 heterocycles. The Bertz CT molecular complexity index is 604. The standard InChI is InChI=1S/C15H16ClN3OS/c1-11-6-18-13(7-17-11)8-19-15(20)10-21-9-12-4-2-3-5-14(12)16/h2-7H,8-10H2,1H3,(H,19,20). The van der Waals surface area contributed by atoms with Crippen LogP contribution < -0.4 is 5.32 Å². The second-order valence-electron chi connectivity index (χ2n) is 4.51. The number of hydrogen-bond donors (Lipinski definition) is 1. The molecule has 0 atom stereocenters. The summed E-state index contributed by atoms with van der Waals surface area (Å²) in [6.07, 6.45) is 3.36. The van der Waals surface area contributed by atoms with Gasteiger partial charge in [0.1, 0.15) is 0 Å². The quantitative estimate of drug-likeness (QED) is 0.888. The number of thioether (sulfide) groups is 1. The average molecular weight is 322 g/mol. The van der Waals surface area contributed by atoms with Gasteiger partial charge in [-0.2, -0.15) is 0 Å². The molecule has 0 spiro atoms. The summed E-state index contributed by atoms with van der Waals surface area (Å²) < 4.78 is 0. The van der Waals surface area contributed by atoms with Crippen LogP contribution in [-0.2, 0) is 17.1 Å². The number of nitrogens with zero attached hydrogens (tertiary/aromatic N) is 2. The molecule has 0 unspecified atom stereocenters. The first kappa shape index (κ1) is 15.8. The van der Waals surface area contributed by atoms with Crippen molar-refractivity contribution >= 4 is 29.3 Å². The lowest BCUT2D eigenvalue weighted by atomic mass is 10.2. The molecule has 0 aliphatic rings. The fourth-order valence-electron chi connectivity index (χ4n) is 1.62. The van der Waals surface area contributed by atoms with Crippen molar-refractivity contribution in [3.8, 4) is 0 Å². The summed E-state index contributed by atoms with van der Waals surface area (Å²) in [4.78, 5) is 20.1. The third-order valence-corrected chi connectivity index (χ3v) is 4.10. The first-order chi connectivity index (χ1) is 10.1. The number of amides is 1. The van der Waals surface area contributed by atoms with E-state index in [0.717, 1.165) is 27.7 Å². The van der Waals surface area contributed by atoms with Crippen molar-refractivity contribution in [2.75, 3.05) is 5.75 Å². The number of halogens is 1. The minimum Gasteiger partial charge on any atom is -0.350 e. The zero-order chi connectivity index (χ0) is 15.1. The van der Waals surface area contributed by atoms with E-state index in [2.05, 4.69) is 15.3 Å². The predicted octanol–water partition coefficient (Wildman–Crippen LogP) is 2.99. The first-order valence-electron chi connectivity index (χ1n) is 6.50. The van der Waals surface area contributed by atoms with Gasteiger partial charge in [-0.05, 0) is 18.6 Å². The van der Waals surface area contributed by atoms with Crippen molar-refractivity contribution in [1.29, 1.82) is 0 Å². The Morgan fingerprint density at radius 3 is 2.81 bits per heavy atom. The lowest BCUT2D eigenvalue weighted by Gasteiger charge is -2.06. The fraction of sp³-hybridized carbons (Fsp3) is 0.267. The van der Waals surface area contributed by atoms with E-state index < -0.39 is 0 Å². The molecular formula is C15H16ClN3OS. The molecule has 0 aliphatic carbocycles. The molecule has 2 aromatic rings. The van der Waals surface area contributed by atoms with Crippen molar-refractivity contribution in [1.82, 2.24) is 15.3 Å². The normalized spacial score (nSPS) is 10.4. The van der Waals surface area contributed by atoms with Crippen LogP contribution in [0.5, 0.6) is 0 Å². The number of carbonyl (C=O) groups excluding carboxylic acids is 1. The van der Waals surface area contributed by atoms with Gasteiger partial charge in [0.25, 0.3) is 0 Å². The van der Waals surface area contributed by atoms with Gasteiger partial charge in [0.05, 0.1) is 29.9 Å². The van der Waals surface area contributed by atoms with E-state index in [0.29, 0.717) is 12.3 Å². The average Bonchev–Trinajstić information content (AvgIpc) is 2.49. The van der Waals surface area contributed by atoms with Gasteiger partial charge in [-0.3, -0.25) is 14.8 Å². The molecule has 4 nitrogen and oxygen atoms in total. The van der Waals surface area contributed by atoms with Crippen molar-refractivity contribution < 1.29 is 4.79 Å². The first-order valence-corrected chi connectivity index (χ1v) is 8.04. The van der Waals surface area contributed by atoms with Crippen molar-refractivity contribution in [3.63, 3.8) is 0 Å². The summed E-state index contributed by atoms with van der Waals surface area (Å²) in [6, 6.07) is 7.66. The minimum absolute atomic E-state index is 0.0190. The Morgan fingerprint density at radius 1 is 1.29 bits per heavy atom. The van der Waals surface area contributed by atoms with Crippen LogP contribution in [0.1, 0.15) is 17.0 Å². The van der Waals surface area contributed by atoms with Crippen molar-refractivity contribution in [3.05, 3.63) is 58.6 Å². The van der Waals surface area contributed by atoms with E-state index in [9.17, 15) is 4.79 Å². The second-order valence-corrected chi connectivity index (χ2v) is 5.90. The number of nitrogens with one attached hydrogen (secondary N) is 1. The maximum Gasteiger partial charge on any atom is 0.230 e. The Hall–Kier alpha value is -1.59. The zero-order valence-corrected chi connectivity index (χ0v) is 13.2. The molecule has 0 bridgehead atoms. The van der Waals surface area contributed by atoms with E-state index in [-0.39, 0.29) is 5.91 Å². The van der Waals surface area contributed by atoms with Gasteiger partial charge in [0.2, 0.25) is 5.91 Å². The third-order valence-electron chi connectivity index (χ3n) is 2.75. The maximum atomic E-state index is 11.7. The molecule has 21 heavy (non-hydrogen) atoms. The SMILES string of the molecule is Cc1cnc(CNC(=O)CSCc2ccccc2Cl)cn1. The van der Waals surface area contributed by atoms with Crippen LogP contribution in [0.3, 0.4) is 0 Å². The number of carbonyl (C=O) groups is 1. The monoisotopic (exact) mass is 321 g/mol. The summed E-state index contributed by atoms with van der Waals surface area (Å²) in [5.74, 6) is 1.09. The van der Waals surface area contributed by atoms with E-state index in [4.69, 9.17) is 11.6 Å². The van der Waals surface area contributed by atoms with Crippen LogP contribution in [0.4, 0.5) is 0 Å². The molecule has 0 radical (unpaired) electrons. The second kappa shape index (κ2) is 8.00. The summed E-state index contributed by atoms with van der Waals surface area (Å²) in [6.45, 7) is 2.28. The number of hydrogen-bond acceptors (Lipinski definition) is 4. The molecular weight excluding hydrogens is 306 g/mol. The maximum absolute atomic E-state index is 11.7. The number of aryl methyl sites for hydroxylation is 1. The smallest absolute Gasteiger partial charge is 0.230 e. The third kappa shape index (κ3) is 5.36. The molecule has 2 rings (SSSR count). The molecule has 1 aromatic heterocycles. The van der Waals surface area contributed by atoms with Crippen LogP contribution in [0.2, 0.25) is 5.02 Å². The summed E-state index contributed by atoms with van der Waals surface area (Å²) in [5, 5.41) is 3.56. The highest BCUT2D eigenvalue weighted by molar-refractivity contribution is 7.99. The van der Waals surface area contributed by atoms with Crippen molar-refractivity contribution in [2.24, 2.45) is 0 Å². The van der Waals surface area contributed by atoms with Crippen LogP contribution in [-0.4, -0.2) is 21.6 Å². The minimum atomic E-state index is -0.0190. The largest absolute Gasteiger partial charge is 0.350 e. The van der Waals surface area contributed by atoms with Gasteiger partial charge in [-0.15, -0.1) is 11.8 Å². The molecule has 0 fully saturated rings. The van der Waals surface area contributed by atoms with E-state index in [1.54, 1.807) is 12.4 Å². The fourth-order valence-corrected chi connectivity index (χ4v) is 2.76. The van der Waals surface area contributed by atoms with Crippen molar-refractivity contribution in [2.45, 2.75) is 19.2 Å². The van der Waals surface area contributed by atoms with E-state index in [1.165, 1.54) is 11.8 Å². The van der Waals surface area contributed by atoms with Gasteiger partial charge in [0, 0.05) is 17.0 Å². The molecule has 0 saturated heterocycles. The van der Waals surface area contributed by atoms with Gasteiger partial charge >= 0.3 is 0 Å². The molecule has 0 aliphatic heterocycles. The van der Waals surface area contributed by atoms with Gasteiger partial charge in [-0.25, -0.2) is 0 Å². The lowest BCUT2D eigenvalue weighted by Crippen LogP contribution is -2.25. The van der Waals surface area contributed by atoms with E-state index >= 15 is 0 Å². The van der Waals surface area contributed by atoms with Gasteiger partial charge in [0.15, 0.2) is 0 Å². The Balaban J connectivity index is 1.70. The predicted molar refractivity (Wildman–Crippen MR) is 86.2 cm³/mol. The van der Waals surface area contributed by atoms with Crippen LogP contribution in [0.15, 0.2) is 36.7 Å². The number of rotatable bonds is 6. The Morgan fingerprint density at radius 2 is 2.10 bits per heavy atom. The molecule has 1 N–H and O–H groups in total. The molecule has 110 valence electrons. The summed E-state index contributed by atoms with van der Waals surface area (Å²) >= 11 is 7.60. The van der Waals surface area contributed by atoms with Crippen LogP contribution >= 0.6 is 23.4 Å². The van der Waals surface area contributed by atoms with Crippen LogP contribution in [0.25, 0.3) is 0 Å². The highest BCUT2D eigenvalue weighted by Gasteiger charge is 2.04.